The molecule has 2 heterocycles. The molecule has 0 bridgehead atoms. The molecule has 0 radical (unpaired) electrons. The van der Waals surface area contributed by atoms with E-state index in [1.807, 2.05) is 36.5 Å². The summed E-state index contributed by atoms with van der Waals surface area (Å²) in [5.74, 6) is 1.66. The van der Waals surface area contributed by atoms with Gasteiger partial charge in [-0.15, -0.1) is 0 Å². The highest BCUT2D eigenvalue weighted by atomic mass is 16.5. The number of rotatable bonds is 3. The van der Waals surface area contributed by atoms with Crippen LogP contribution in [0.3, 0.4) is 0 Å². The van der Waals surface area contributed by atoms with Crippen molar-refractivity contribution in [2.45, 2.75) is 12.8 Å². The molecule has 1 saturated heterocycles. The molecule has 0 aliphatic carbocycles. The monoisotopic (exact) mass is 255 g/mol. The number of ether oxygens (including phenoxy) is 1. The van der Waals surface area contributed by atoms with E-state index in [4.69, 9.17) is 4.74 Å². The Morgan fingerprint density at radius 3 is 2.68 bits per heavy atom. The molecule has 3 rings (SSSR count). The Bertz CT molecular complexity index is 565. The number of anilines is 1. The van der Waals surface area contributed by atoms with Crippen LogP contribution in [0.1, 0.15) is 12.8 Å². The third-order valence-corrected chi connectivity index (χ3v) is 3.41. The normalized spacial score (nSPS) is 14.7. The van der Waals surface area contributed by atoms with Gasteiger partial charge in [0, 0.05) is 24.8 Å². The van der Waals surface area contributed by atoms with Gasteiger partial charge < -0.3 is 9.64 Å². The van der Waals surface area contributed by atoms with Gasteiger partial charge in [0.05, 0.1) is 12.8 Å². The van der Waals surface area contributed by atoms with Gasteiger partial charge in [-0.25, -0.2) is 9.97 Å². The molecule has 1 aromatic carbocycles. The van der Waals surface area contributed by atoms with E-state index in [-0.39, 0.29) is 0 Å². The Morgan fingerprint density at radius 1 is 1.11 bits per heavy atom. The molecular formula is C15H17N3O. The minimum absolute atomic E-state index is 0.820. The van der Waals surface area contributed by atoms with Crippen LogP contribution in [0.15, 0.2) is 36.5 Å². The fourth-order valence-electron chi connectivity index (χ4n) is 2.42. The van der Waals surface area contributed by atoms with Gasteiger partial charge in [-0.1, -0.05) is 12.1 Å². The Morgan fingerprint density at radius 2 is 1.89 bits per heavy atom. The molecule has 19 heavy (non-hydrogen) atoms. The topological polar surface area (TPSA) is 38.2 Å². The van der Waals surface area contributed by atoms with Crippen molar-refractivity contribution in [3.05, 3.63) is 36.5 Å². The van der Waals surface area contributed by atoms with Gasteiger partial charge in [-0.3, -0.25) is 0 Å². The Balaban J connectivity index is 1.98. The van der Waals surface area contributed by atoms with Crippen LogP contribution in [0, 0.1) is 0 Å². The van der Waals surface area contributed by atoms with Gasteiger partial charge in [-0.05, 0) is 31.0 Å². The van der Waals surface area contributed by atoms with Crippen molar-refractivity contribution in [1.29, 1.82) is 0 Å². The lowest BCUT2D eigenvalue weighted by Gasteiger charge is -2.16. The van der Waals surface area contributed by atoms with Crippen molar-refractivity contribution < 1.29 is 4.74 Å². The van der Waals surface area contributed by atoms with Crippen molar-refractivity contribution in [2.24, 2.45) is 0 Å². The van der Waals surface area contributed by atoms with Crippen LogP contribution in [0.25, 0.3) is 11.3 Å². The summed E-state index contributed by atoms with van der Waals surface area (Å²) in [6.07, 6.45) is 4.27. The summed E-state index contributed by atoms with van der Waals surface area (Å²) in [4.78, 5) is 11.3. The molecule has 0 unspecified atom stereocenters. The van der Waals surface area contributed by atoms with Crippen molar-refractivity contribution in [3.63, 3.8) is 0 Å². The molecule has 2 aromatic rings. The lowest BCUT2D eigenvalue weighted by molar-refractivity contribution is 0.416. The van der Waals surface area contributed by atoms with Crippen LogP contribution in [-0.4, -0.2) is 30.2 Å². The molecule has 0 spiro atoms. The highest BCUT2D eigenvalue weighted by Gasteiger charge is 2.16. The third kappa shape index (κ3) is 2.38. The summed E-state index contributed by atoms with van der Waals surface area (Å²) < 4.78 is 5.39. The highest BCUT2D eigenvalue weighted by Crippen LogP contribution is 2.29. The lowest BCUT2D eigenvalue weighted by atomic mass is 10.1. The van der Waals surface area contributed by atoms with Crippen molar-refractivity contribution >= 4 is 5.95 Å². The van der Waals surface area contributed by atoms with E-state index < -0.39 is 0 Å². The van der Waals surface area contributed by atoms with Gasteiger partial charge in [0.2, 0.25) is 5.95 Å². The zero-order valence-electron chi connectivity index (χ0n) is 11.0. The summed E-state index contributed by atoms with van der Waals surface area (Å²) in [6.45, 7) is 2.10. The second kappa shape index (κ2) is 5.26. The fourth-order valence-corrected chi connectivity index (χ4v) is 2.42. The zero-order chi connectivity index (χ0) is 13.1. The Hall–Kier alpha value is -2.10. The van der Waals surface area contributed by atoms with Crippen molar-refractivity contribution in [1.82, 2.24) is 9.97 Å². The molecule has 1 aromatic heterocycles. The van der Waals surface area contributed by atoms with Crippen LogP contribution in [0.4, 0.5) is 5.95 Å². The predicted molar refractivity (Wildman–Crippen MR) is 75.5 cm³/mol. The second-order valence-electron chi connectivity index (χ2n) is 4.64. The van der Waals surface area contributed by atoms with E-state index in [9.17, 15) is 0 Å². The quantitative estimate of drug-likeness (QED) is 0.845. The summed E-state index contributed by atoms with van der Waals surface area (Å²) in [6, 6.07) is 9.86. The number of hydrogen-bond donors (Lipinski definition) is 0. The van der Waals surface area contributed by atoms with E-state index >= 15 is 0 Å². The first-order valence-electron chi connectivity index (χ1n) is 6.60. The fraction of sp³-hybridized carbons (Fsp3) is 0.333. The molecule has 0 saturated carbocycles. The minimum Gasteiger partial charge on any atom is -0.496 e. The number of para-hydroxylation sites is 1. The van der Waals surface area contributed by atoms with E-state index in [1.165, 1.54) is 12.8 Å². The summed E-state index contributed by atoms with van der Waals surface area (Å²) in [7, 11) is 1.68. The molecule has 1 fully saturated rings. The smallest absolute Gasteiger partial charge is 0.225 e. The molecule has 0 atom stereocenters. The first-order valence-corrected chi connectivity index (χ1v) is 6.60. The van der Waals surface area contributed by atoms with E-state index in [0.29, 0.717) is 0 Å². The van der Waals surface area contributed by atoms with Crippen LogP contribution in [0.5, 0.6) is 5.75 Å². The average molecular weight is 255 g/mol. The first-order chi connectivity index (χ1) is 9.38. The lowest BCUT2D eigenvalue weighted by Crippen LogP contribution is -2.20. The summed E-state index contributed by atoms with van der Waals surface area (Å²) >= 11 is 0. The molecule has 4 heteroatoms. The van der Waals surface area contributed by atoms with E-state index in [0.717, 1.165) is 36.0 Å². The SMILES string of the molecule is COc1ccccc1-c1ccnc(N2CCCC2)n1. The maximum atomic E-state index is 5.39. The number of nitrogens with zero attached hydrogens (tertiary/aromatic N) is 3. The standard InChI is InChI=1S/C15H17N3O/c1-19-14-7-3-2-6-12(14)13-8-9-16-15(17-13)18-10-4-5-11-18/h2-3,6-9H,4-5,10-11H2,1H3. The number of methoxy groups -OCH3 is 1. The van der Waals surface area contributed by atoms with Gasteiger partial charge in [0.25, 0.3) is 0 Å². The predicted octanol–water partition coefficient (Wildman–Crippen LogP) is 2.75. The van der Waals surface area contributed by atoms with E-state index in [2.05, 4.69) is 14.9 Å². The Kier molecular flexibility index (Phi) is 3.31. The highest BCUT2D eigenvalue weighted by molar-refractivity contribution is 5.67. The molecule has 4 nitrogen and oxygen atoms in total. The number of aromatic nitrogens is 2. The van der Waals surface area contributed by atoms with Gasteiger partial charge in [0.15, 0.2) is 0 Å². The number of hydrogen-bond acceptors (Lipinski definition) is 4. The largest absolute Gasteiger partial charge is 0.496 e. The minimum atomic E-state index is 0.820. The molecule has 1 aliphatic rings. The van der Waals surface area contributed by atoms with Crippen LogP contribution in [-0.2, 0) is 0 Å². The molecule has 0 N–H and O–H groups in total. The molecular weight excluding hydrogens is 238 g/mol. The molecule has 98 valence electrons. The van der Waals surface area contributed by atoms with Crippen LogP contribution < -0.4 is 9.64 Å². The van der Waals surface area contributed by atoms with E-state index in [1.54, 1.807) is 7.11 Å². The third-order valence-electron chi connectivity index (χ3n) is 3.41. The van der Waals surface area contributed by atoms with Crippen molar-refractivity contribution in [3.8, 4) is 17.0 Å². The molecule has 1 aliphatic heterocycles. The Labute approximate surface area is 113 Å². The van der Waals surface area contributed by atoms with Gasteiger partial charge in [0.1, 0.15) is 5.75 Å². The van der Waals surface area contributed by atoms with Crippen LogP contribution >= 0.6 is 0 Å². The average Bonchev–Trinajstić information content (AvgIpc) is 3.01. The van der Waals surface area contributed by atoms with Gasteiger partial charge >= 0.3 is 0 Å². The second-order valence-corrected chi connectivity index (χ2v) is 4.64. The first kappa shape index (κ1) is 12.0. The maximum Gasteiger partial charge on any atom is 0.225 e. The van der Waals surface area contributed by atoms with Crippen LogP contribution in [0.2, 0.25) is 0 Å². The maximum absolute atomic E-state index is 5.39. The summed E-state index contributed by atoms with van der Waals surface area (Å²) in [5.41, 5.74) is 1.92. The molecule has 0 amide bonds. The van der Waals surface area contributed by atoms with Crippen molar-refractivity contribution in [2.75, 3.05) is 25.1 Å². The zero-order valence-corrected chi connectivity index (χ0v) is 11.0. The summed E-state index contributed by atoms with van der Waals surface area (Å²) in [5, 5.41) is 0. The van der Waals surface area contributed by atoms with Gasteiger partial charge in [-0.2, -0.15) is 0 Å². The number of benzene rings is 1.